The van der Waals surface area contributed by atoms with Gasteiger partial charge in [-0.3, -0.25) is 14.4 Å². The van der Waals surface area contributed by atoms with Gasteiger partial charge in [-0.25, -0.2) is 0 Å². The molecule has 0 aliphatic rings. The van der Waals surface area contributed by atoms with Crippen molar-refractivity contribution in [2.75, 3.05) is 13.2 Å². The third-order valence-electron chi connectivity index (χ3n) is 14.7. The molecular weight excluding hydrogens is 949 g/mol. The number of unbranched alkanes of at least 4 members (excludes halogenated alkanes) is 38. The fourth-order valence-corrected chi connectivity index (χ4v) is 9.66. The van der Waals surface area contributed by atoms with Gasteiger partial charge < -0.3 is 14.2 Å². The van der Waals surface area contributed by atoms with Gasteiger partial charge in [-0.15, -0.1) is 0 Å². The van der Waals surface area contributed by atoms with Crippen molar-refractivity contribution in [3.05, 3.63) is 72.9 Å². The summed E-state index contributed by atoms with van der Waals surface area (Å²) in [6.45, 7) is 6.56. The monoisotopic (exact) mass is 1070 g/mol. The molecule has 1 atom stereocenters. The Bertz CT molecular complexity index is 1420. The minimum absolute atomic E-state index is 0.0784. The van der Waals surface area contributed by atoms with Crippen LogP contribution < -0.4 is 0 Å². The first-order valence-corrected chi connectivity index (χ1v) is 33.4. The lowest BCUT2D eigenvalue weighted by atomic mass is 10.1. The SMILES string of the molecule is CC/C=C\C/C=C\C/C=C\C/C=C\CCCCCCCCCCCCC(=O)OCC(COC(=O)CCCCCCCCC/C=C\CCCCCCCCC)OC(=O)CCCCCCCCC/C=C\CCCCCCCCC. The van der Waals surface area contributed by atoms with Crippen molar-refractivity contribution in [1.82, 2.24) is 0 Å². The molecule has 0 radical (unpaired) electrons. The molecule has 0 rings (SSSR count). The molecule has 6 nitrogen and oxygen atoms in total. The number of hydrogen-bond donors (Lipinski definition) is 0. The maximum absolute atomic E-state index is 12.9. The normalized spacial score (nSPS) is 12.5. The van der Waals surface area contributed by atoms with Crippen LogP contribution in [0.2, 0.25) is 0 Å². The van der Waals surface area contributed by atoms with Gasteiger partial charge in [-0.2, -0.15) is 0 Å². The van der Waals surface area contributed by atoms with Crippen LogP contribution >= 0.6 is 0 Å². The molecule has 0 aliphatic heterocycles. The second kappa shape index (κ2) is 65.4. The van der Waals surface area contributed by atoms with E-state index in [2.05, 4.69) is 93.7 Å². The average molecular weight is 1080 g/mol. The topological polar surface area (TPSA) is 78.9 Å². The van der Waals surface area contributed by atoms with Gasteiger partial charge >= 0.3 is 17.9 Å². The molecule has 446 valence electrons. The Hall–Kier alpha value is -3.15. The van der Waals surface area contributed by atoms with Crippen molar-refractivity contribution in [3.8, 4) is 0 Å². The Kier molecular flexibility index (Phi) is 62.7. The van der Waals surface area contributed by atoms with E-state index in [0.29, 0.717) is 19.3 Å². The van der Waals surface area contributed by atoms with E-state index < -0.39 is 6.10 Å². The van der Waals surface area contributed by atoms with Crippen molar-refractivity contribution in [2.45, 2.75) is 348 Å². The Morgan fingerprint density at radius 3 is 0.805 bits per heavy atom. The van der Waals surface area contributed by atoms with Crippen LogP contribution in [0.25, 0.3) is 0 Å². The zero-order chi connectivity index (χ0) is 55.7. The minimum atomic E-state index is -0.782. The zero-order valence-electron chi connectivity index (χ0n) is 51.2. The average Bonchev–Trinajstić information content (AvgIpc) is 3.43. The Balaban J connectivity index is 4.36. The summed E-state index contributed by atoms with van der Waals surface area (Å²) in [5.74, 6) is -0.873. The van der Waals surface area contributed by atoms with Crippen LogP contribution in [0.1, 0.15) is 342 Å². The van der Waals surface area contributed by atoms with E-state index in [1.165, 1.54) is 218 Å². The highest BCUT2D eigenvalue weighted by Gasteiger charge is 2.19. The lowest BCUT2D eigenvalue weighted by Crippen LogP contribution is -2.30. The molecule has 0 saturated carbocycles. The van der Waals surface area contributed by atoms with Gasteiger partial charge in [0.2, 0.25) is 0 Å². The molecule has 0 aliphatic carbocycles. The van der Waals surface area contributed by atoms with Crippen LogP contribution in [0.4, 0.5) is 0 Å². The van der Waals surface area contributed by atoms with Crippen LogP contribution in [0, 0.1) is 0 Å². The predicted octanol–water partition coefficient (Wildman–Crippen LogP) is 22.9. The van der Waals surface area contributed by atoms with Crippen LogP contribution in [-0.4, -0.2) is 37.2 Å². The summed E-state index contributed by atoms with van der Waals surface area (Å²) in [5.41, 5.74) is 0. The molecule has 0 aromatic heterocycles. The molecule has 0 bridgehead atoms. The number of ether oxygens (including phenoxy) is 3. The van der Waals surface area contributed by atoms with E-state index >= 15 is 0 Å². The highest BCUT2D eigenvalue weighted by molar-refractivity contribution is 5.71. The molecule has 77 heavy (non-hydrogen) atoms. The molecule has 0 N–H and O–H groups in total. The fourth-order valence-electron chi connectivity index (χ4n) is 9.66. The first kappa shape index (κ1) is 73.8. The molecule has 1 unspecified atom stereocenters. The summed E-state index contributed by atoms with van der Waals surface area (Å²) >= 11 is 0. The first-order valence-electron chi connectivity index (χ1n) is 33.4. The Labute approximate surface area is 478 Å². The molecule has 0 amide bonds. The third kappa shape index (κ3) is 63.6. The molecule has 0 spiro atoms. The van der Waals surface area contributed by atoms with E-state index in [0.717, 1.165) is 83.5 Å². The predicted molar refractivity (Wildman–Crippen MR) is 335 cm³/mol. The summed E-state index contributed by atoms with van der Waals surface area (Å²) in [5, 5.41) is 0. The summed E-state index contributed by atoms with van der Waals surface area (Å²) in [6, 6.07) is 0. The van der Waals surface area contributed by atoms with Gasteiger partial charge in [0.15, 0.2) is 6.10 Å². The number of allylic oxidation sites excluding steroid dienone is 12. The summed E-state index contributed by atoms with van der Waals surface area (Å²) in [6.07, 6.45) is 84.8. The molecule has 0 saturated heterocycles. The van der Waals surface area contributed by atoms with Crippen molar-refractivity contribution in [1.29, 1.82) is 0 Å². The standard InChI is InChI=1S/C71H126O6/c1-4-7-10-13-16-19-22-25-28-31-34-35-36-37-38-41-43-46-49-52-55-58-61-64-70(73)76-67-68(77-71(74)65-62-59-56-53-50-47-44-40-33-30-27-24-21-18-15-12-9-6-3)66-75-69(72)63-60-57-54-51-48-45-42-39-32-29-26-23-20-17-14-11-8-5-2/h7,10,16,19,25,28-30,32-35,68H,4-6,8-9,11-15,17-18,20-24,26-27,31,36-67H2,1-3H3/b10-7-,19-16-,28-25-,32-29-,33-30-,35-34-. The van der Waals surface area contributed by atoms with Crippen LogP contribution in [0.5, 0.6) is 0 Å². The van der Waals surface area contributed by atoms with Crippen molar-refractivity contribution >= 4 is 17.9 Å². The number of esters is 3. The smallest absolute Gasteiger partial charge is 0.306 e. The zero-order valence-corrected chi connectivity index (χ0v) is 51.2. The lowest BCUT2D eigenvalue weighted by Gasteiger charge is -2.18. The van der Waals surface area contributed by atoms with Gasteiger partial charge in [-0.1, -0.05) is 286 Å². The molecule has 0 aromatic carbocycles. The highest BCUT2D eigenvalue weighted by atomic mass is 16.6. The molecule has 0 aromatic rings. The summed E-state index contributed by atoms with van der Waals surface area (Å²) in [4.78, 5) is 38.4. The van der Waals surface area contributed by atoms with Crippen molar-refractivity contribution < 1.29 is 28.6 Å². The second-order valence-corrected chi connectivity index (χ2v) is 22.3. The second-order valence-electron chi connectivity index (χ2n) is 22.3. The van der Waals surface area contributed by atoms with E-state index in [-0.39, 0.29) is 31.1 Å². The number of hydrogen-bond acceptors (Lipinski definition) is 6. The largest absolute Gasteiger partial charge is 0.462 e. The Morgan fingerprint density at radius 2 is 0.506 bits per heavy atom. The van der Waals surface area contributed by atoms with Crippen LogP contribution in [0.3, 0.4) is 0 Å². The van der Waals surface area contributed by atoms with Crippen molar-refractivity contribution in [2.24, 2.45) is 0 Å². The molecule has 6 heteroatoms. The van der Waals surface area contributed by atoms with Gasteiger partial charge in [0.05, 0.1) is 0 Å². The third-order valence-corrected chi connectivity index (χ3v) is 14.7. The van der Waals surface area contributed by atoms with Gasteiger partial charge in [0.25, 0.3) is 0 Å². The fraction of sp³-hybridized carbons (Fsp3) is 0.789. The van der Waals surface area contributed by atoms with Gasteiger partial charge in [0, 0.05) is 19.3 Å². The summed E-state index contributed by atoms with van der Waals surface area (Å²) in [7, 11) is 0. The number of carbonyl (C=O) groups excluding carboxylic acids is 3. The van der Waals surface area contributed by atoms with E-state index in [9.17, 15) is 14.4 Å². The van der Waals surface area contributed by atoms with Crippen LogP contribution in [0.15, 0.2) is 72.9 Å². The van der Waals surface area contributed by atoms with E-state index in [4.69, 9.17) is 14.2 Å². The molecular formula is C71H126O6. The quantitative estimate of drug-likeness (QED) is 0.0261. The minimum Gasteiger partial charge on any atom is -0.462 e. The van der Waals surface area contributed by atoms with Crippen molar-refractivity contribution in [3.63, 3.8) is 0 Å². The van der Waals surface area contributed by atoms with E-state index in [1.807, 2.05) is 0 Å². The Morgan fingerprint density at radius 1 is 0.273 bits per heavy atom. The summed E-state index contributed by atoms with van der Waals surface area (Å²) < 4.78 is 17.0. The van der Waals surface area contributed by atoms with Gasteiger partial charge in [-0.05, 0) is 109 Å². The lowest BCUT2D eigenvalue weighted by molar-refractivity contribution is -0.167. The molecule has 0 fully saturated rings. The maximum Gasteiger partial charge on any atom is 0.306 e. The van der Waals surface area contributed by atoms with Gasteiger partial charge in [0.1, 0.15) is 13.2 Å². The first-order chi connectivity index (χ1) is 38.0. The van der Waals surface area contributed by atoms with E-state index in [1.54, 1.807) is 0 Å². The molecule has 0 heterocycles. The number of carbonyl (C=O) groups is 3. The highest BCUT2D eigenvalue weighted by Crippen LogP contribution is 2.17. The number of rotatable bonds is 61. The van der Waals surface area contributed by atoms with Crippen LogP contribution in [-0.2, 0) is 28.6 Å². The maximum atomic E-state index is 12.9.